The van der Waals surface area contributed by atoms with Crippen LogP contribution in [0.2, 0.25) is 0 Å². The second-order valence-electron chi connectivity index (χ2n) is 6.06. The van der Waals surface area contributed by atoms with Gasteiger partial charge in [-0.2, -0.15) is 5.26 Å². The van der Waals surface area contributed by atoms with Gasteiger partial charge >= 0.3 is 0 Å². The molecule has 1 saturated heterocycles. The molecular formula is C20H21N3O2. The maximum atomic E-state index is 12.2. The predicted molar refractivity (Wildman–Crippen MR) is 96.7 cm³/mol. The van der Waals surface area contributed by atoms with Crippen molar-refractivity contribution in [2.45, 2.75) is 25.8 Å². The van der Waals surface area contributed by atoms with Gasteiger partial charge in [0.25, 0.3) is 5.91 Å². The molecule has 25 heavy (non-hydrogen) atoms. The number of nitrogens with one attached hydrogen (secondary N) is 1. The van der Waals surface area contributed by atoms with E-state index in [2.05, 4.69) is 10.2 Å². The highest BCUT2D eigenvalue weighted by Gasteiger charge is 2.15. The van der Waals surface area contributed by atoms with E-state index in [0.717, 1.165) is 37.4 Å². The molecule has 1 aromatic heterocycles. The van der Waals surface area contributed by atoms with Crippen molar-refractivity contribution in [3.8, 4) is 6.07 Å². The number of carbonyl (C=O) groups is 1. The predicted octanol–water partition coefficient (Wildman–Crippen LogP) is 3.49. The lowest BCUT2D eigenvalue weighted by Gasteiger charge is -2.25. The Balaban J connectivity index is 1.64. The normalized spacial score (nSPS) is 14.8. The Morgan fingerprint density at radius 2 is 1.92 bits per heavy atom. The Bertz CT molecular complexity index is 781. The third kappa shape index (κ3) is 4.51. The van der Waals surface area contributed by atoms with E-state index < -0.39 is 5.91 Å². The summed E-state index contributed by atoms with van der Waals surface area (Å²) in [6, 6.07) is 15.2. The van der Waals surface area contributed by atoms with Crippen LogP contribution in [-0.4, -0.2) is 19.0 Å². The quantitative estimate of drug-likeness (QED) is 0.671. The highest BCUT2D eigenvalue weighted by atomic mass is 16.4. The zero-order valence-corrected chi connectivity index (χ0v) is 14.1. The lowest BCUT2D eigenvalue weighted by atomic mass is 10.1. The van der Waals surface area contributed by atoms with Crippen molar-refractivity contribution in [2.75, 3.05) is 18.0 Å². The first-order valence-electron chi connectivity index (χ1n) is 8.55. The minimum Gasteiger partial charge on any atom is -0.441 e. The van der Waals surface area contributed by atoms with Crippen molar-refractivity contribution in [1.29, 1.82) is 5.26 Å². The molecule has 1 fully saturated rings. The molecule has 1 aliphatic heterocycles. The minimum atomic E-state index is -0.401. The Morgan fingerprint density at radius 3 is 2.64 bits per heavy atom. The first kappa shape index (κ1) is 16.8. The maximum absolute atomic E-state index is 12.2. The van der Waals surface area contributed by atoms with E-state index in [4.69, 9.17) is 4.42 Å². The molecule has 0 atom stereocenters. The summed E-state index contributed by atoms with van der Waals surface area (Å²) in [7, 11) is 0. The van der Waals surface area contributed by atoms with Crippen molar-refractivity contribution in [3.05, 3.63) is 59.4 Å². The van der Waals surface area contributed by atoms with Gasteiger partial charge < -0.3 is 14.6 Å². The van der Waals surface area contributed by atoms with Gasteiger partial charge in [0.2, 0.25) is 0 Å². The van der Waals surface area contributed by atoms with E-state index in [1.807, 2.05) is 42.5 Å². The SMILES string of the molecule is N#C/C(=C/c1ccc(N2CCCCC2)o1)C(=O)NCc1ccccc1. The maximum Gasteiger partial charge on any atom is 0.262 e. The number of nitrogens with zero attached hydrogens (tertiary/aromatic N) is 2. The Labute approximate surface area is 147 Å². The third-order valence-electron chi connectivity index (χ3n) is 4.23. The Hall–Kier alpha value is -3.00. The van der Waals surface area contributed by atoms with Gasteiger partial charge in [-0.25, -0.2) is 0 Å². The van der Waals surface area contributed by atoms with Gasteiger partial charge in [-0.15, -0.1) is 0 Å². The van der Waals surface area contributed by atoms with Crippen molar-refractivity contribution in [2.24, 2.45) is 0 Å². The monoisotopic (exact) mass is 335 g/mol. The molecule has 0 aliphatic carbocycles. The molecule has 0 spiro atoms. The number of carbonyl (C=O) groups excluding carboxylic acids is 1. The third-order valence-corrected chi connectivity index (χ3v) is 4.23. The largest absolute Gasteiger partial charge is 0.441 e. The molecule has 128 valence electrons. The number of amides is 1. The van der Waals surface area contributed by atoms with Crippen LogP contribution in [0.15, 0.2) is 52.5 Å². The van der Waals surface area contributed by atoms with Crippen molar-refractivity contribution in [1.82, 2.24) is 5.32 Å². The fraction of sp³-hybridized carbons (Fsp3) is 0.300. The van der Waals surface area contributed by atoms with Crippen molar-refractivity contribution < 1.29 is 9.21 Å². The van der Waals surface area contributed by atoms with E-state index in [9.17, 15) is 10.1 Å². The van der Waals surface area contributed by atoms with Crippen LogP contribution in [-0.2, 0) is 11.3 Å². The second-order valence-corrected chi connectivity index (χ2v) is 6.06. The average Bonchev–Trinajstić information content (AvgIpc) is 3.14. The number of benzene rings is 1. The van der Waals surface area contributed by atoms with Gasteiger partial charge in [-0.3, -0.25) is 4.79 Å². The number of furan rings is 1. The molecule has 2 aromatic rings. The number of piperidine rings is 1. The summed E-state index contributed by atoms with van der Waals surface area (Å²) < 4.78 is 5.79. The summed E-state index contributed by atoms with van der Waals surface area (Å²) in [5, 5.41) is 12.0. The fourth-order valence-corrected chi connectivity index (χ4v) is 2.87. The number of nitriles is 1. The second kappa shape index (κ2) is 8.20. The number of hydrogen-bond donors (Lipinski definition) is 1. The van der Waals surface area contributed by atoms with Crippen molar-refractivity contribution >= 4 is 17.9 Å². The summed E-state index contributed by atoms with van der Waals surface area (Å²) in [6.45, 7) is 2.36. The lowest BCUT2D eigenvalue weighted by molar-refractivity contribution is -0.117. The standard InChI is InChI=1S/C20H21N3O2/c21-14-17(20(24)22-15-16-7-3-1-4-8-16)13-18-9-10-19(25-18)23-11-5-2-6-12-23/h1,3-4,7-10,13H,2,5-6,11-12,15H2,(H,22,24)/b17-13-. The molecule has 1 aliphatic rings. The molecule has 5 nitrogen and oxygen atoms in total. The van der Waals surface area contributed by atoms with E-state index >= 15 is 0 Å². The topological polar surface area (TPSA) is 69.3 Å². The molecule has 0 bridgehead atoms. The van der Waals surface area contributed by atoms with E-state index in [1.54, 1.807) is 6.07 Å². The van der Waals surface area contributed by atoms with Crippen LogP contribution in [0.5, 0.6) is 0 Å². The van der Waals surface area contributed by atoms with Gasteiger partial charge in [0.05, 0.1) is 0 Å². The molecule has 5 heteroatoms. The van der Waals surface area contributed by atoms with E-state index in [-0.39, 0.29) is 5.57 Å². The number of rotatable bonds is 5. The smallest absolute Gasteiger partial charge is 0.262 e. The average molecular weight is 335 g/mol. The summed E-state index contributed by atoms with van der Waals surface area (Å²) in [5.74, 6) is 0.919. The van der Waals surface area contributed by atoms with Gasteiger partial charge in [0, 0.05) is 31.8 Å². The highest BCUT2D eigenvalue weighted by Crippen LogP contribution is 2.23. The van der Waals surface area contributed by atoms with Crippen molar-refractivity contribution in [3.63, 3.8) is 0 Å². The van der Waals surface area contributed by atoms with Gasteiger partial charge in [0.1, 0.15) is 17.4 Å². The molecule has 1 N–H and O–H groups in total. The van der Waals surface area contributed by atoms with Crippen LogP contribution in [0.3, 0.4) is 0 Å². The van der Waals surface area contributed by atoms with Crippen LogP contribution in [0, 0.1) is 11.3 Å². The van der Waals surface area contributed by atoms with Crippen LogP contribution >= 0.6 is 0 Å². The molecule has 0 radical (unpaired) electrons. The molecule has 3 rings (SSSR count). The van der Waals surface area contributed by atoms with E-state index in [1.165, 1.54) is 12.5 Å². The van der Waals surface area contributed by atoms with Gasteiger partial charge in [-0.1, -0.05) is 30.3 Å². The minimum absolute atomic E-state index is 0.0375. The zero-order valence-electron chi connectivity index (χ0n) is 14.1. The molecular weight excluding hydrogens is 314 g/mol. The molecule has 2 heterocycles. The summed E-state index contributed by atoms with van der Waals surface area (Å²) in [5.41, 5.74) is 1.02. The molecule has 0 unspecified atom stereocenters. The summed E-state index contributed by atoms with van der Waals surface area (Å²) in [6.07, 6.45) is 5.08. The fourth-order valence-electron chi connectivity index (χ4n) is 2.87. The number of hydrogen-bond acceptors (Lipinski definition) is 4. The van der Waals surface area contributed by atoms with Gasteiger partial charge in [-0.05, 0) is 30.9 Å². The Morgan fingerprint density at radius 1 is 1.16 bits per heavy atom. The van der Waals surface area contributed by atoms with Gasteiger partial charge in [0.15, 0.2) is 5.88 Å². The van der Waals surface area contributed by atoms with Crippen LogP contribution in [0.1, 0.15) is 30.6 Å². The molecule has 1 aromatic carbocycles. The molecule has 1 amide bonds. The van der Waals surface area contributed by atoms with E-state index in [0.29, 0.717) is 12.3 Å². The zero-order chi connectivity index (χ0) is 17.5. The summed E-state index contributed by atoms with van der Waals surface area (Å²) in [4.78, 5) is 14.4. The highest BCUT2D eigenvalue weighted by molar-refractivity contribution is 6.01. The van der Waals surface area contributed by atoms with Crippen LogP contribution < -0.4 is 10.2 Å². The first-order chi connectivity index (χ1) is 12.3. The van der Waals surface area contributed by atoms with Crippen LogP contribution in [0.25, 0.3) is 6.08 Å². The first-order valence-corrected chi connectivity index (χ1v) is 8.55. The summed E-state index contributed by atoms with van der Waals surface area (Å²) >= 11 is 0. The molecule has 0 saturated carbocycles. The number of anilines is 1. The van der Waals surface area contributed by atoms with Crippen LogP contribution in [0.4, 0.5) is 5.88 Å². The Kier molecular flexibility index (Phi) is 5.53. The lowest BCUT2D eigenvalue weighted by Crippen LogP contribution is -2.28.